The SMILES string of the molecule is C=CC(CC)(CC)CC(C)(CC)CC. The molecule has 0 saturated carbocycles. The largest absolute Gasteiger partial charge is 0.103 e. The summed E-state index contributed by atoms with van der Waals surface area (Å²) in [4.78, 5) is 0. The Bertz CT molecular complexity index is 159. The fourth-order valence-corrected chi connectivity index (χ4v) is 2.21. The van der Waals surface area contributed by atoms with Gasteiger partial charge in [0, 0.05) is 0 Å². The van der Waals surface area contributed by atoms with Gasteiger partial charge in [-0.15, -0.1) is 6.58 Å². The van der Waals surface area contributed by atoms with Crippen LogP contribution in [0.15, 0.2) is 12.7 Å². The molecule has 0 aromatic rings. The third-order valence-corrected chi connectivity index (χ3v) is 4.33. The van der Waals surface area contributed by atoms with Crippen LogP contribution in [0.3, 0.4) is 0 Å². The van der Waals surface area contributed by atoms with Gasteiger partial charge in [-0.25, -0.2) is 0 Å². The van der Waals surface area contributed by atoms with Crippen LogP contribution in [-0.2, 0) is 0 Å². The second-order valence-corrected chi connectivity index (χ2v) is 4.97. The minimum atomic E-state index is 0.376. The van der Waals surface area contributed by atoms with E-state index in [1.54, 1.807) is 0 Å². The molecule has 0 aliphatic rings. The molecular weight excluding hydrogens is 168 g/mol. The quantitative estimate of drug-likeness (QED) is 0.491. The summed E-state index contributed by atoms with van der Waals surface area (Å²) in [5, 5.41) is 0. The van der Waals surface area contributed by atoms with Crippen LogP contribution in [0.4, 0.5) is 0 Å². The van der Waals surface area contributed by atoms with E-state index < -0.39 is 0 Å². The Labute approximate surface area is 90.8 Å². The summed E-state index contributed by atoms with van der Waals surface area (Å²) in [5.74, 6) is 0. The third kappa shape index (κ3) is 3.15. The van der Waals surface area contributed by atoms with Gasteiger partial charge in [-0.1, -0.05) is 53.5 Å². The summed E-state index contributed by atoms with van der Waals surface area (Å²) >= 11 is 0. The van der Waals surface area contributed by atoms with Crippen LogP contribution >= 0.6 is 0 Å². The van der Waals surface area contributed by atoms with E-state index >= 15 is 0 Å². The molecule has 0 rings (SSSR count). The molecule has 84 valence electrons. The number of hydrogen-bond donors (Lipinski definition) is 0. The first-order chi connectivity index (χ1) is 6.51. The van der Waals surface area contributed by atoms with Gasteiger partial charge in [-0.3, -0.25) is 0 Å². The minimum Gasteiger partial charge on any atom is -0.103 e. The highest BCUT2D eigenvalue weighted by Gasteiger charge is 2.31. The molecule has 0 aliphatic carbocycles. The fourth-order valence-electron chi connectivity index (χ4n) is 2.21. The number of rotatable bonds is 7. The zero-order valence-electron chi connectivity index (χ0n) is 10.8. The molecule has 0 heteroatoms. The Morgan fingerprint density at radius 2 is 1.36 bits per heavy atom. The molecule has 0 atom stereocenters. The second kappa shape index (κ2) is 5.58. The van der Waals surface area contributed by atoms with E-state index in [9.17, 15) is 0 Å². The van der Waals surface area contributed by atoms with Crippen LogP contribution in [0, 0.1) is 10.8 Å². The molecule has 0 heterocycles. The van der Waals surface area contributed by atoms with Gasteiger partial charge in [0.2, 0.25) is 0 Å². The van der Waals surface area contributed by atoms with Gasteiger partial charge in [0.15, 0.2) is 0 Å². The topological polar surface area (TPSA) is 0 Å². The van der Waals surface area contributed by atoms with Crippen molar-refractivity contribution in [1.82, 2.24) is 0 Å². The molecule has 14 heavy (non-hydrogen) atoms. The fraction of sp³-hybridized carbons (Fsp3) is 0.857. The zero-order chi connectivity index (χ0) is 11.2. The monoisotopic (exact) mass is 196 g/mol. The molecule has 0 unspecified atom stereocenters. The van der Waals surface area contributed by atoms with Crippen LogP contribution in [0.5, 0.6) is 0 Å². The van der Waals surface area contributed by atoms with E-state index in [1.165, 1.54) is 32.1 Å². The van der Waals surface area contributed by atoms with Crippen molar-refractivity contribution in [2.45, 2.75) is 66.7 Å². The van der Waals surface area contributed by atoms with Gasteiger partial charge in [0.25, 0.3) is 0 Å². The standard InChI is InChI=1S/C14H28/c1-7-13(6,8-2)12-14(9-3,10-4)11-5/h9H,3,7-8,10-12H2,1-2,4-6H3. The van der Waals surface area contributed by atoms with Crippen LogP contribution in [0.1, 0.15) is 66.7 Å². The minimum absolute atomic E-state index is 0.376. The highest BCUT2D eigenvalue weighted by Crippen LogP contribution is 2.43. The van der Waals surface area contributed by atoms with Crippen molar-refractivity contribution in [3.63, 3.8) is 0 Å². The Balaban J connectivity index is 4.64. The van der Waals surface area contributed by atoms with E-state index in [4.69, 9.17) is 0 Å². The van der Waals surface area contributed by atoms with Gasteiger partial charge in [-0.05, 0) is 30.1 Å². The molecular formula is C14H28. The Hall–Kier alpha value is -0.260. The first-order valence-electron chi connectivity index (χ1n) is 6.15. The van der Waals surface area contributed by atoms with Crippen LogP contribution in [-0.4, -0.2) is 0 Å². The molecule has 0 aromatic carbocycles. The van der Waals surface area contributed by atoms with E-state index in [0.29, 0.717) is 10.8 Å². The molecule has 0 saturated heterocycles. The number of allylic oxidation sites excluding steroid dienone is 1. The molecule has 0 fully saturated rings. The Morgan fingerprint density at radius 1 is 0.929 bits per heavy atom. The lowest BCUT2D eigenvalue weighted by Crippen LogP contribution is -2.26. The van der Waals surface area contributed by atoms with Crippen LogP contribution in [0.25, 0.3) is 0 Å². The summed E-state index contributed by atoms with van der Waals surface area (Å²) in [6.45, 7) is 15.6. The maximum absolute atomic E-state index is 4.03. The molecule has 0 N–H and O–H groups in total. The normalized spacial score (nSPS) is 12.9. The third-order valence-electron chi connectivity index (χ3n) is 4.33. The van der Waals surface area contributed by atoms with E-state index in [0.717, 1.165) is 0 Å². The Morgan fingerprint density at radius 3 is 1.57 bits per heavy atom. The van der Waals surface area contributed by atoms with E-state index in [-0.39, 0.29) is 0 Å². The van der Waals surface area contributed by atoms with Crippen LogP contribution < -0.4 is 0 Å². The van der Waals surface area contributed by atoms with Crippen molar-refractivity contribution in [2.24, 2.45) is 10.8 Å². The van der Waals surface area contributed by atoms with Gasteiger partial charge in [0.1, 0.15) is 0 Å². The maximum atomic E-state index is 4.03. The first-order valence-corrected chi connectivity index (χ1v) is 6.15. The molecule has 0 aliphatic heterocycles. The molecule has 0 radical (unpaired) electrons. The van der Waals surface area contributed by atoms with Gasteiger partial charge in [-0.2, -0.15) is 0 Å². The lowest BCUT2D eigenvalue weighted by molar-refractivity contribution is 0.163. The molecule has 0 bridgehead atoms. The Kier molecular flexibility index (Phi) is 5.48. The molecule has 0 aromatic heterocycles. The smallest absolute Gasteiger partial charge is 0.0121 e. The van der Waals surface area contributed by atoms with Gasteiger partial charge >= 0.3 is 0 Å². The highest BCUT2D eigenvalue weighted by molar-refractivity contribution is 4.96. The van der Waals surface area contributed by atoms with E-state index in [2.05, 4.69) is 47.3 Å². The van der Waals surface area contributed by atoms with Crippen molar-refractivity contribution in [3.8, 4) is 0 Å². The number of hydrogen-bond acceptors (Lipinski definition) is 0. The van der Waals surface area contributed by atoms with E-state index in [1.807, 2.05) is 0 Å². The van der Waals surface area contributed by atoms with Gasteiger partial charge < -0.3 is 0 Å². The summed E-state index contributed by atoms with van der Waals surface area (Å²) in [6, 6.07) is 0. The van der Waals surface area contributed by atoms with Crippen molar-refractivity contribution < 1.29 is 0 Å². The predicted octanol–water partition coefficient (Wildman–Crippen LogP) is 5.20. The van der Waals surface area contributed by atoms with Crippen LogP contribution in [0.2, 0.25) is 0 Å². The second-order valence-electron chi connectivity index (χ2n) is 4.97. The summed E-state index contributed by atoms with van der Waals surface area (Å²) in [7, 11) is 0. The van der Waals surface area contributed by atoms with Crippen molar-refractivity contribution in [2.75, 3.05) is 0 Å². The maximum Gasteiger partial charge on any atom is -0.0121 e. The molecule has 0 spiro atoms. The zero-order valence-corrected chi connectivity index (χ0v) is 10.8. The lowest BCUT2D eigenvalue weighted by Gasteiger charge is -2.38. The van der Waals surface area contributed by atoms with Gasteiger partial charge in [0.05, 0.1) is 0 Å². The summed E-state index contributed by atoms with van der Waals surface area (Å²) in [6.07, 6.45) is 8.49. The van der Waals surface area contributed by atoms with Crippen molar-refractivity contribution in [3.05, 3.63) is 12.7 Å². The molecule has 0 nitrogen and oxygen atoms in total. The first kappa shape index (κ1) is 13.7. The predicted molar refractivity (Wildman–Crippen MR) is 66.5 cm³/mol. The molecule has 0 amide bonds. The summed E-state index contributed by atoms with van der Waals surface area (Å²) in [5.41, 5.74) is 0.876. The summed E-state index contributed by atoms with van der Waals surface area (Å²) < 4.78 is 0. The average Bonchev–Trinajstić information content (AvgIpc) is 2.26. The van der Waals surface area contributed by atoms with Crippen molar-refractivity contribution >= 4 is 0 Å². The van der Waals surface area contributed by atoms with Crippen molar-refractivity contribution in [1.29, 1.82) is 0 Å². The average molecular weight is 196 g/mol. The highest BCUT2D eigenvalue weighted by atomic mass is 14.4. The lowest BCUT2D eigenvalue weighted by atomic mass is 9.67.